The van der Waals surface area contributed by atoms with Gasteiger partial charge in [-0.1, -0.05) is 0 Å². The monoisotopic (exact) mass is 400 g/mol. The van der Waals surface area contributed by atoms with Crippen LogP contribution in [0.3, 0.4) is 0 Å². The van der Waals surface area contributed by atoms with Gasteiger partial charge >= 0.3 is 6.18 Å². The number of piperidine rings is 1. The van der Waals surface area contributed by atoms with E-state index in [1.165, 1.54) is 13.3 Å². The first-order valence-electron chi connectivity index (χ1n) is 9.18. The van der Waals surface area contributed by atoms with Crippen molar-refractivity contribution < 1.29 is 27.5 Å². The molecule has 3 rings (SSSR count). The molecule has 0 radical (unpaired) electrons. The van der Waals surface area contributed by atoms with E-state index < -0.39 is 24.7 Å². The molecule has 28 heavy (non-hydrogen) atoms. The lowest BCUT2D eigenvalue weighted by Crippen LogP contribution is -2.59. The molecule has 0 aromatic carbocycles. The van der Waals surface area contributed by atoms with Crippen molar-refractivity contribution >= 4 is 11.8 Å². The van der Waals surface area contributed by atoms with Crippen LogP contribution in [0.15, 0.2) is 18.3 Å². The Hall–Kier alpha value is -2.36. The van der Waals surface area contributed by atoms with Gasteiger partial charge in [0.15, 0.2) is 0 Å². The van der Waals surface area contributed by atoms with E-state index in [9.17, 15) is 22.8 Å². The van der Waals surface area contributed by atoms with Crippen molar-refractivity contribution in [3.8, 4) is 5.88 Å². The smallest absolute Gasteiger partial charge is 0.406 e. The van der Waals surface area contributed by atoms with Crippen LogP contribution in [0.2, 0.25) is 0 Å². The summed E-state index contributed by atoms with van der Waals surface area (Å²) in [5.41, 5.74) is 0.364. The summed E-state index contributed by atoms with van der Waals surface area (Å²) in [6, 6.07) is 2.74. The lowest BCUT2D eigenvalue weighted by atomic mass is 10.0. The van der Waals surface area contributed by atoms with Crippen molar-refractivity contribution in [2.75, 3.05) is 46.4 Å². The topological polar surface area (TPSA) is 66.0 Å². The number of halogens is 3. The summed E-state index contributed by atoms with van der Waals surface area (Å²) >= 11 is 0. The van der Waals surface area contributed by atoms with Crippen LogP contribution < -0.4 is 4.74 Å². The Kier molecular flexibility index (Phi) is 6.07. The minimum atomic E-state index is -4.40. The zero-order chi connectivity index (χ0) is 20.3. The maximum atomic E-state index is 12.7. The van der Waals surface area contributed by atoms with Crippen molar-refractivity contribution in [2.45, 2.75) is 25.1 Å². The van der Waals surface area contributed by atoms with Crippen LogP contribution in [0.25, 0.3) is 0 Å². The van der Waals surface area contributed by atoms with Crippen LogP contribution >= 0.6 is 0 Å². The maximum Gasteiger partial charge on any atom is 0.406 e. The largest absolute Gasteiger partial charge is 0.480 e. The zero-order valence-corrected chi connectivity index (χ0v) is 15.6. The van der Waals surface area contributed by atoms with E-state index in [1.54, 1.807) is 17.0 Å². The van der Waals surface area contributed by atoms with E-state index >= 15 is 0 Å². The van der Waals surface area contributed by atoms with Crippen molar-refractivity contribution in [2.24, 2.45) is 0 Å². The summed E-state index contributed by atoms with van der Waals surface area (Å²) in [7, 11) is 1.44. The molecule has 154 valence electrons. The second-order valence-corrected chi connectivity index (χ2v) is 6.92. The molecule has 0 bridgehead atoms. The second-order valence-electron chi connectivity index (χ2n) is 6.92. The molecule has 2 fully saturated rings. The fourth-order valence-corrected chi connectivity index (χ4v) is 3.76. The van der Waals surface area contributed by atoms with Gasteiger partial charge in [0.25, 0.3) is 5.91 Å². The third kappa shape index (κ3) is 4.54. The Labute approximate surface area is 161 Å². The van der Waals surface area contributed by atoms with Crippen molar-refractivity contribution in [3.63, 3.8) is 0 Å². The Morgan fingerprint density at radius 3 is 2.61 bits per heavy atom. The van der Waals surface area contributed by atoms with E-state index in [-0.39, 0.29) is 18.3 Å². The number of likely N-dealkylation sites (tertiary alicyclic amines) is 1. The fraction of sp³-hybridized carbons (Fsp3) is 0.611. The number of rotatable bonds is 4. The molecule has 3 heterocycles. The number of piperazine rings is 1. The molecule has 0 unspecified atom stereocenters. The Balaban J connectivity index is 1.60. The van der Waals surface area contributed by atoms with E-state index in [4.69, 9.17) is 4.74 Å². The minimum absolute atomic E-state index is 0.133. The third-order valence-electron chi connectivity index (χ3n) is 5.11. The van der Waals surface area contributed by atoms with E-state index in [0.29, 0.717) is 44.6 Å². The highest BCUT2D eigenvalue weighted by Crippen LogP contribution is 2.24. The number of pyridine rings is 1. The predicted octanol–water partition coefficient (Wildman–Crippen LogP) is 1.40. The predicted molar refractivity (Wildman–Crippen MR) is 93.9 cm³/mol. The summed E-state index contributed by atoms with van der Waals surface area (Å²) in [6.07, 6.45) is -1.78. The highest BCUT2D eigenvalue weighted by atomic mass is 19.4. The van der Waals surface area contributed by atoms with Crippen molar-refractivity contribution in [3.05, 3.63) is 23.9 Å². The number of hydrogen-bond donors (Lipinski definition) is 0. The molecule has 1 aromatic rings. The van der Waals surface area contributed by atoms with Gasteiger partial charge in [-0.05, 0) is 25.0 Å². The summed E-state index contributed by atoms with van der Waals surface area (Å²) in [5, 5.41) is 0. The normalized spacial score (nSPS) is 21.7. The highest BCUT2D eigenvalue weighted by Gasteiger charge is 2.40. The van der Waals surface area contributed by atoms with E-state index in [2.05, 4.69) is 4.98 Å². The third-order valence-corrected chi connectivity index (χ3v) is 5.11. The van der Waals surface area contributed by atoms with Gasteiger partial charge in [0, 0.05) is 38.9 Å². The molecule has 2 saturated heterocycles. The van der Waals surface area contributed by atoms with Gasteiger partial charge in [0.05, 0.1) is 13.2 Å². The molecule has 0 saturated carbocycles. The molecule has 0 N–H and O–H groups in total. The SMILES string of the molecule is COc1ncccc1C(=O)N1CCN([C@H]2CCCN(CC(F)(F)F)C2=O)CC1. The minimum Gasteiger partial charge on any atom is -0.480 e. The first-order valence-corrected chi connectivity index (χ1v) is 9.18. The van der Waals surface area contributed by atoms with Crippen molar-refractivity contribution in [1.82, 2.24) is 19.7 Å². The van der Waals surface area contributed by atoms with Gasteiger partial charge < -0.3 is 14.5 Å². The van der Waals surface area contributed by atoms with Gasteiger partial charge in [-0.3, -0.25) is 14.5 Å². The average molecular weight is 400 g/mol. The number of aromatic nitrogens is 1. The van der Waals surface area contributed by atoms with Gasteiger partial charge in [-0.25, -0.2) is 4.98 Å². The van der Waals surface area contributed by atoms with Crippen molar-refractivity contribution in [1.29, 1.82) is 0 Å². The summed E-state index contributed by atoms with van der Waals surface area (Å²) in [4.78, 5) is 33.7. The van der Waals surface area contributed by atoms with Gasteiger partial charge in [0.2, 0.25) is 11.8 Å². The summed E-state index contributed by atoms with van der Waals surface area (Å²) in [5.74, 6) is -0.435. The van der Waals surface area contributed by atoms with Crippen LogP contribution in [0.1, 0.15) is 23.2 Å². The number of ether oxygens (including phenoxy) is 1. The maximum absolute atomic E-state index is 12.7. The molecular weight excluding hydrogens is 377 g/mol. The second kappa shape index (κ2) is 8.34. The molecule has 0 aliphatic carbocycles. The number of nitrogens with zero attached hydrogens (tertiary/aromatic N) is 4. The Morgan fingerprint density at radius 2 is 1.96 bits per heavy atom. The number of hydrogen-bond acceptors (Lipinski definition) is 5. The molecule has 1 aromatic heterocycles. The van der Waals surface area contributed by atoms with Crippen LogP contribution in [-0.4, -0.2) is 90.1 Å². The lowest BCUT2D eigenvalue weighted by molar-refractivity contribution is -0.168. The molecule has 2 aliphatic heterocycles. The summed E-state index contributed by atoms with van der Waals surface area (Å²) < 4.78 is 43.2. The van der Waals surface area contributed by atoms with Gasteiger partial charge in [0.1, 0.15) is 12.1 Å². The highest BCUT2D eigenvalue weighted by molar-refractivity contribution is 5.96. The van der Waals surface area contributed by atoms with Gasteiger partial charge in [-0.2, -0.15) is 13.2 Å². The first-order chi connectivity index (χ1) is 13.3. The number of carbonyl (C=O) groups is 2. The number of amides is 2. The number of methoxy groups -OCH3 is 1. The fourth-order valence-electron chi connectivity index (χ4n) is 3.76. The zero-order valence-electron chi connectivity index (χ0n) is 15.6. The molecule has 10 heteroatoms. The Morgan fingerprint density at radius 1 is 1.25 bits per heavy atom. The van der Waals surface area contributed by atoms with Crippen LogP contribution in [0.5, 0.6) is 5.88 Å². The van der Waals surface area contributed by atoms with E-state index in [0.717, 1.165) is 4.90 Å². The van der Waals surface area contributed by atoms with Crippen LogP contribution in [0, 0.1) is 0 Å². The lowest BCUT2D eigenvalue weighted by Gasteiger charge is -2.42. The van der Waals surface area contributed by atoms with Crippen LogP contribution in [0.4, 0.5) is 13.2 Å². The summed E-state index contributed by atoms with van der Waals surface area (Å²) in [6.45, 7) is 0.574. The molecule has 7 nitrogen and oxygen atoms in total. The molecular formula is C18H23F3N4O3. The average Bonchev–Trinajstić information content (AvgIpc) is 2.68. The van der Waals surface area contributed by atoms with Gasteiger partial charge in [-0.15, -0.1) is 0 Å². The van der Waals surface area contributed by atoms with Crippen LogP contribution in [-0.2, 0) is 4.79 Å². The molecule has 0 spiro atoms. The quantitative estimate of drug-likeness (QED) is 0.765. The standard InChI is InChI=1S/C18H23F3N4O3/c1-28-15-13(4-2-6-22-15)16(26)24-10-8-23(9-11-24)14-5-3-7-25(17(14)27)12-18(19,20)21/h2,4,6,14H,3,5,7-12H2,1H3/t14-/m0/s1. The number of carbonyl (C=O) groups excluding carboxylic acids is 2. The molecule has 2 aliphatic rings. The molecule has 1 atom stereocenters. The molecule has 2 amide bonds. The van der Waals surface area contributed by atoms with E-state index in [1.807, 2.05) is 4.90 Å². The Bertz CT molecular complexity index is 720. The first kappa shape index (κ1) is 20.4. The number of alkyl halides is 3.